The Morgan fingerprint density at radius 2 is 2.12 bits per heavy atom. The van der Waals surface area contributed by atoms with E-state index in [0.717, 1.165) is 5.56 Å². The smallest absolute Gasteiger partial charge is 0.354 e. The highest BCUT2D eigenvalue weighted by Crippen LogP contribution is 2.14. The summed E-state index contributed by atoms with van der Waals surface area (Å²) in [6.07, 6.45) is 3.69. The number of nitrogens with zero attached hydrogens (tertiary/aromatic N) is 2. The maximum atomic E-state index is 11.4. The van der Waals surface area contributed by atoms with Crippen molar-refractivity contribution in [2.24, 2.45) is 0 Å². The van der Waals surface area contributed by atoms with Crippen LogP contribution >= 0.6 is 0 Å². The summed E-state index contributed by atoms with van der Waals surface area (Å²) >= 11 is 0. The maximum Gasteiger partial charge on any atom is 0.380 e. The fraction of sp³-hybridized carbons (Fsp3) is 0.167. The molecule has 0 spiro atoms. The van der Waals surface area contributed by atoms with Crippen LogP contribution in [0.1, 0.15) is 6.92 Å². The minimum atomic E-state index is -0.364. The minimum absolute atomic E-state index is 0.357. The van der Waals surface area contributed by atoms with Crippen molar-refractivity contribution in [3.05, 3.63) is 53.0 Å². The number of hydrogen-bond acceptors (Lipinski definition) is 3. The summed E-state index contributed by atoms with van der Waals surface area (Å²) < 4.78 is 6.57. The lowest BCUT2D eigenvalue weighted by molar-refractivity contribution is 0.289. The highest BCUT2D eigenvalue weighted by molar-refractivity contribution is 5.51. The molecule has 0 saturated heterocycles. The average Bonchev–Trinajstić information content (AvgIpc) is 2.69. The van der Waals surface area contributed by atoms with E-state index in [-0.39, 0.29) is 5.69 Å². The lowest BCUT2D eigenvalue weighted by Gasteiger charge is -1.93. The highest BCUT2D eigenvalue weighted by atomic mass is 16.5. The Kier molecular flexibility index (Phi) is 3.00. The summed E-state index contributed by atoms with van der Waals surface area (Å²) in [4.78, 5) is 15.3. The van der Waals surface area contributed by atoms with E-state index in [0.29, 0.717) is 12.4 Å². The Hall–Kier alpha value is -2.10. The molecular weight excluding hydrogens is 204 g/mol. The Balaban J connectivity index is 2.35. The van der Waals surface area contributed by atoms with Crippen molar-refractivity contribution in [1.29, 1.82) is 0 Å². The molecular formula is C12H12N2O2. The Labute approximate surface area is 92.8 Å². The molecule has 0 saturated carbocycles. The Morgan fingerprint density at radius 3 is 2.81 bits per heavy atom. The van der Waals surface area contributed by atoms with Crippen LogP contribution in [0.15, 0.2) is 51.8 Å². The van der Waals surface area contributed by atoms with E-state index in [4.69, 9.17) is 4.52 Å². The van der Waals surface area contributed by atoms with Gasteiger partial charge in [0.05, 0.1) is 6.54 Å². The van der Waals surface area contributed by atoms with Gasteiger partial charge in [-0.2, -0.15) is 4.98 Å². The Bertz CT molecular complexity index is 538. The van der Waals surface area contributed by atoms with Gasteiger partial charge in [0.15, 0.2) is 0 Å². The predicted octanol–water partition coefficient (Wildman–Crippen LogP) is 2.08. The van der Waals surface area contributed by atoms with Crippen molar-refractivity contribution in [2.75, 3.05) is 0 Å². The Morgan fingerprint density at radius 1 is 1.38 bits per heavy atom. The van der Waals surface area contributed by atoms with E-state index in [1.165, 1.54) is 4.74 Å². The van der Waals surface area contributed by atoms with Crippen LogP contribution in [0.2, 0.25) is 0 Å². The normalized spacial score (nSPS) is 11.1. The molecule has 0 bridgehead atoms. The topological polar surface area (TPSA) is 48.0 Å². The molecule has 0 atom stereocenters. The van der Waals surface area contributed by atoms with Crippen molar-refractivity contribution in [3.8, 4) is 11.5 Å². The molecule has 0 unspecified atom stereocenters. The van der Waals surface area contributed by atoms with E-state index in [9.17, 15) is 4.79 Å². The molecule has 82 valence electrons. The molecule has 1 heterocycles. The van der Waals surface area contributed by atoms with Gasteiger partial charge in [-0.05, 0) is 19.1 Å². The highest BCUT2D eigenvalue weighted by Gasteiger charge is 2.08. The summed E-state index contributed by atoms with van der Waals surface area (Å²) in [6.45, 7) is 2.30. The monoisotopic (exact) mass is 216 g/mol. The maximum absolute atomic E-state index is 11.4. The van der Waals surface area contributed by atoms with Crippen LogP contribution in [0.5, 0.6) is 0 Å². The van der Waals surface area contributed by atoms with Crippen LogP contribution in [0, 0.1) is 0 Å². The molecule has 0 aliphatic heterocycles. The van der Waals surface area contributed by atoms with E-state index in [1.807, 2.05) is 49.4 Å². The van der Waals surface area contributed by atoms with Gasteiger partial charge < -0.3 is 4.52 Å². The average molecular weight is 216 g/mol. The van der Waals surface area contributed by atoms with E-state index in [2.05, 4.69) is 4.98 Å². The van der Waals surface area contributed by atoms with Gasteiger partial charge in [-0.15, -0.1) is 4.74 Å². The molecule has 0 aliphatic carbocycles. The third-order valence-corrected chi connectivity index (χ3v) is 2.13. The number of aromatic nitrogens is 2. The molecule has 4 heteroatoms. The minimum Gasteiger partial charge on any atom is -0.354 e. The van der Waals surface area contributed by atoms with Gasteiger partial charge in [-0.25, -0.2) is 4.79 Å². The van der Waals surface area contributed by atoms with Crippen LogP contribution in [0.4, 0.5) is 0 Å². The number of rotatable bonds is 3. The van der Waals surface area contributed by atoms with Gasteiger partial charge in [0.1, 0.15) is 0 Å². The molecule has 16 heavy (non-hydrogen) atoms. The van der Waals surface area contributed by atoms with Crippen LogP contribution < -0.4 is 5.69 Å². The summed E-state index contributed by atoms with van der Waals surface area (Å²) in [5.41, 5.74) is 0.441. The SMILES string of the molecule is C/C=C/Cn1oc(-c2ccccc2)nc1=O. The molecule has 0 amide bonds. The molecule has 2 aromatic rings. The van der Waals surface area contributed by atoms with Crippen LogP contribution in [0.3, 0.4) is 0 Å². The first-order valence-electron chi connectivity index (χ1n) is 5.06. The van der Waals surface area contributed by atoms with Crippen molar-refractivity contribution in [3.63, 3.8) is 0 Å². The van der Waals surface area contributed by atoms with Crippen LogP contribution in [0.25, 0.3) is 11.5 Å². The van der Waals surface area contributed by atoms with Gasteiger partial charge >= 0.3 is 5.69 Å². The zero-order valence-corrected chi connectivity index (χ0v) is 8.96. The first-order valence-corrected chi connectivity index (χ1v) is 5.06. The number of allylic oxidation sites excluding steroid dienone is 2. The van der Waals surface area contributed by atoms with Gasteiger partial charge in [0.2, 0.25) is 0 Å². The zero-order valence-electron chi connectivity index (χ0n) is 8.96. The van der Waals surface area contributed by atoms with Crippen molar-refractivity contribution in [1.82, 2.24) is 9.72 Å². The second-order valence-electron chi connectivity index (χ2n) is 3.29. The molecule has 4 nitrogen and oxygen atoms in total. The molecule has 0 radical (unpaired) electrons. The lowest BCUT2D eigenvalue weighted by atomic mass is 10.2. The van der Waals surface area contributed by atoms with Gasteiger partial charge in [-0.3, -0.25) is 0 Å². The molecule has 1 aromatic carbocycles. The lowest BCUT2D eigenvalue weighted by Crippen LogP contribution is -2.14. The molecule has 2 rings (SSSR count). The predicted molar refractivity (Wildman–Crippen MR) is 61.0 cm³/mol. The first-order chi connectivity index (χ1) is 7.81. The fourth-order valence-corrected chi connectivity index (χ4v) is 1.32. The number of hydrogen-bond donors (Lipinski definition) is 0. The quantitative estimate of drug-likeness (QED) is 0.738. The standard InChI is InChI=1S/C12H12N2O2/c1-2-3-9-14-12(15)13-11(16-14)10-7-5-4-6-8-10/h2-8H,9H2,1H3/b3-2+. The summed E-state index contributed by atoms with van der Waals surface area (Å²) in [5.74, 6) is 0.357. The molecule has 0 aliphatic rings. The number of benzene rings is 1. The van der Waals surface area contributed by atoms with Crippen LogP contribution in [-0.4, -0.2) is 9.72 Å². The van der Waals surface area contributed by atoms with Crippen molar-refractivity contribution < 1.29 is 4.52 Å². The van der Waals surface area contributed by atoms with E-state index >= 15 is 0 Å². The van der Waals surface area contributed by atoms with Gasteiger partial charge in [0, 0.05) is 5.56 Å². The molecule has 0 N–H and O–H groups in total. The first kappa shape index (κ1) is 10.4. The van der Waals surface area contributed by atoms with E-state index in [1.54, 1.807) is 0 Å². The summed E-state index contributed by atoms with van der Waals surface area (Å²) in [6, 6.07) is 9.36. The zero-order chi connectivity index (χ0) is 11.4. The molecule has 1 aromatic heterocycles. The largest absolute Gasteiger partial charge is 0.380 e. The second kappa shape index (κ2) is 4.61. The van der Waals surface area contributed by atoms with Gasteiger partial charge in [0.25, 0.3) is 5.89 Å². The third kappa shape index (κ3) is 2.11. The summed E-state index contributed by atoms with van der Waals surface area (Å²) in [7, 11) is 0. The fourth-order valence-electron chi connectivity index (χ4n) is 1.32. The summed E-state index contributed by atoms with van der Waals surface area (Å²) in [5, 5.41) is 0. The van der Waals surface area contributed by atoms with E-state index < -0.39 is 0 Å². The van der Waals surface area contributed by atoms with Crippen molar-refractivity contribution >= 4 is 0 Å². The van der Waals surface area contributed by atoms with Gasteiger partial charge in [-0.1, -0.05) is 30.4 Å². The third-order valence-electron chi connectivity index (χ3n) is 2.13. The second-order valence-corrected chi connectivity index (χ2v) is 3.29. The van der Waals surface area contributed by atoms with Crippen LogP contribution in [-0.2, 0) is 6.54 Å². The van der Waals surface area contributed by atoms with Crippen molar-refractivity contribution in [2.45, 2.75) is 13.5 Å². The molecule has 0 fully saturated rings.